The first-order chi connectivity index (χ1) is 11.8. The number of benzene rings is 1. The molecule has 6 heteroatoms. The van der Waals surface area contributed by atoms with Crippen molar-refractivity contribution in [3.05, 3.63) is 76.5 Å². The van der Waals surface area contributed by atoms with Gasteiger partial charge in [0, 0.05) is 18.1 Å². The Balaban J connectivity index is 1.46. The number of amides is 1. The summed E-state index contributed by atoms with van der Waals surface area (Å²) < 4.78 is 5.60. The maximum atomic E-state index is 12.0. The number of carbonyl (C=O) groups is 1. The Hall–Kier alpha value is -2.73. The molecule has 0 bridgehead atoms. The van der Waals surface area contributed by atoms with Crippen LogP contribution in [0.3, 0.4) is 0 Å². The molecule has 0 unspecified atom stereocenters. The van der Waals surface area contributed by atoms with Gasteiger partial charge in [0.2, 0.25) is 5.91 Å². The molecule has 0 aliphatic heterocycles. The second-order valence-corrected chi connectivity index (χ2v) is 6.09. The van der Waals surface area contributed by atoms with Gasteiger partial charge in [-0.25, -0.2) is 4.98 Å². The van der Waals surface area contributed by atoms with Crippen molar-refractivity contribution in [2.24, 2.45) is 0 Å². The Kier molecular flexibility index (Phi) is 5.52. The molecule has 0 saturated carbocycles. The van der Waals surface area contributed by atoms with E-state index in [9.17, 15) is 4.79 Å². The lowest BCUT2D eigenvalue weighted by atomic mass is 10.2. The molecule has 0 fully saturated rings. The molecule has 1 aromatic carbocycles. The monoisotopic (exact) mass is 339 g/mol. The average molecular weight is 339 g/mol. The van der Waals surface area contributed by atoms with Gasteiger partial charge in [-0.2, -0.15) is 0 Å². The Morgan fingerprint density at radius 2 is 2.04 bits per heavy atom. The first kappa shape index (κ1) is 16.1. The third-order valence-electron chi connectivity index (χ3n) is 3.27. The molecule has 0 spiro atoms. The molecule has 3 rings (SSSR count). The van der Waals surface area contributed by atoms with Crippen molar-refractivity contribution in [3.8, 4) is 5.75 Å². The summed E-state index contributed by atoms with van der Waals surface area (Å²) in [4.78, 5) is 20.4. The van der Waals surface area contributed by atoms with Crippen LogP contribution in [0.2, 0.25) is 0 Å². The van der Waals surface area contributed by atoms with E-state index in [1.165, 1.54) is 11.3 Å². The molecule has 0 atom stereocenters. The molecule has 24 heavy (non-hydrogen) atoms. The van der Waals surface area contributed by atoms with Gasteiger partial charge in [0.1, 0.15) is 17.4 Å². The van der Waals surface area contributed by atoms with Crippen molar-refractivity contribution >= 4 is 17.2 Å². The van der Waals surface area contributed by atoms with E-state index in [1.807, 2.05) is 47.8 Å². The SMILES string of the molecule is O=C(Cc1csc(COc2cccnc2)n1)NCc1ccccc1. The van der Waals surface area contributed by atoms with E-state index in [4.69, 9.17) is 4.74 Å². The van der Waals surface area contributed by atoms with Gasteiger partial charge in [-0.05, 0) is 17.7 Å². The van der Waals surface area contributed by atoms with Gasteiger partial charge in [0.15, 0.2) is 0 Å². The van der Waals surface area contributed by atoms with Crippen LogP contribution in [0, 0.1) is 0 Å². The van der Waals surface area contributed by atoms with Crippen LogP contribution >= 0.6 is 11.3 Å². The van der Waals surface area contributed by atoms with Crippen LogP contribution in [0.15, 0.2) is 60.2 Å². The molecule has 2 heterocycles. The van der Waals surface area contributed by atoms with Crippen molar-refractivity contribution < 1.29 is 9.53 Å². The van der Waals surface area contributed by atoms with Crippen LogP contribution in [0.1, 0.15) is 16.3 Å². The molecule has 0 saturated heterocycles. The van der Waals surface area contributed by atoms with E-state index in [-0.39, 0.29) is 12.3 Å². The molecule has 0 aliphatic carbocycles. The number of nitrogens with one attached hydrogen (secondary N) is 1. The number of nitrogens with zero attached hydrogens (tertiary/aromatic N) is 2. The number of hydrogen-bond donors (Lipinski definition) is 1. The van der Waals surface area contributed by atoms with E-state index in [0.29, 0.717) is 18.9 Å². The Morgan fingerprint density at radius 1 is 1.17 bits per heavy atom. The first-order valence-electron chi connectivity index (χ1n) is 7.56. The molecule has 0 radical (unpaired) electrons. The van der Waals surface area contributed by atoms with Gasteiger partial charge in [-0.15, -0.1) is 11.3 Å². The third kappa shape index (κ3) is 4.89. The molecule has 5 nitrogen and oxygen atoms in total. The molecular formula is C18H17N3O2S. The normalized spacial score (nSPS) is 10.3. The predicted molar refractivity (Wildman–Crippen MR) is 92.7 cm³/mol. The zero-order valence-corrected chi connectivity index (χ0v) is 13.8. The van der Waals surface area contributed by atoms with Crippen LogP contribution in [-0.2, 0) is 24.4 Å². The van der Waals surface area contributed by atoms with Gasteiger partial charge in [0.25, 0.3) is 0 Å². The quantitative estimate of drug-likeness (QED) is 0.719. The van der Waals surface area contributed by atoms with Crippen LogP contribution in [0.5, 0.6) is 5.75 Å². The Bertz CT molecular complexity index is 775. The van der Waals surface area contributed by atoms with E-state index in [1.54, 1.807) is 12.4 Å². The highest BCUT2D eigenvalue weighted by Crippen LogP contribution is 2.14. The maximum Gasteiger partial charge on any atom is 0.226 e. The number of hydrogen-bond acceptors (Lipinski definition) is 5. The molecule has 3 aromatic rings. The summed E-state index contributed by atoms with van der Waals surface area (Å²) in [5.41, 5.74) is 1.84. The summed E-state index contributed by atoms with van der Waals surface area (Å²) in [7, 11) is 0. The van der Waals surface area contributed by atoms with Gasteiger partial charge >= 0.3 is 0 Å². The smallest absolute Gasteiger partial charge is 0.226 e. The highest BCUT2D eigenvalue weighted by Gasteiger charge is 2.08. The van der Waals surface area contributed by atoms with Crippen molar-refractivity contribution in [3.63, 3.8) is 0 Å². The fraction of sp³-hybridized carbons (Fsp3) is 0.167. The summed E-state index contributed by atoms with van der Waals surface area (Å²) in [5.74, 6) is 0.665. The zero-order chi connectivity index (χ0) is 16.6. The number of aromatic nitrogens is 2. The second kappa shape index (κ2) is 8.21. The number of pyridine rings is 1. The van der Waals surface area contributed by atoms with Crippen LogP contribution in [0.4, 0.5) is 0 Å². The number of carbonyl (C=O) groups excluding carboxylic acids is 1. The minimum atomic E-state index is -0.0381. The number of rotatable bonds is 7. The fourth-order valence-electron chi connectivity index (χ4n) is 2.10. The van der Waals surface area contributed by atoms with Crippen molar-refractivity contribution in [2.45, 2.75) is 19.6 Å². The molecule has 0 aliphatic rings. The topological polar surface area (TPSA) is 64.1 Å². The summed E-state index contributed by atoms with van der Waals surface area (Å²) in [6.45, 7) is 0.906. The summed E-state index contributed by atoms with van der Waals surface area (Å²) in [6.07, 6.45) is 3.63. The predicted octanol–water partition coefficient (Wildman–Crippen LogP) is 2.98. The van der Waals surface area contributed by atoms with Crippen LogP contribution in [0.25, 0.3) is 0 Å². The Labute approximate surface area is 144 Å². The summed E-state index contributed by atoms with van der Waals surface area (Å²) in [5, 5.41) is 5.63. The zero-order valence-electron chi connectivity index (χ0n) is 13.0. The first-order valence-corrected chi connectivity index (χ1v) is 8.44. The third-order valence-corrected chi connectivity index (χ3v) is 4.14. The fourth-order valence-corrected chi connectivity index (χ4v) is 2.80. The molecule has 122 valence electrons. The van der Waals surface area contributed by atoms with E-state index >= 15 is 0 Å². The standard InChI is InChI=1S/C18H17N3O2S/c22-17(20-10-14-5-2-1-3-6-14)9-15-13-24-18(21-15)12-23-16-7-4-8-19-11-16/h1-8,11,13H,9-10,12H2,(H,20,22). The highest BCUT2D eigenvalue weighted by molar-refractivity contribution is 7.09. The average Bonchev–Trinajstić information content (AvgIpc) is 3.07. The largest absolute Gasteiger partial charge is 0.485 e. The minimum Gasteiger partial charge on any atom is -0.485 e. The lowest BCUT2D eigenvalue weighted by Gasteiger charge is -2.04. The van der Waals surface area contributed by atoms with Gasteiger partial charge < -0.3 is 10.1 Å². The lowest BCUT2D eigenvalue weighted by Crippen LogP contribution is -2.24. The molecule has 1 amide bonds. The van der Waals surface area contributed by atoms with Gasteiger partial charge in [-0.1, -0.05) is 30.3 Å². The van der Waals surface area contributed by atoms with E-state index in [0.717, 1.165) is 16.3 Å². The molecule has 1 N–H and O–H groups in total. The van der Waals surface area contributed by atoms with Crippen LogP contribution in [-0.4, -0.2) is 15.9 Å². The van der Waals surface area contributed by atoms with Gasteiger partial charge in [-0.3, -0.25) is 9.78 Å². The van der Waals surface area contributed by atoms with Crippen molar-refractivity contribution in [2.75, 3.05) is 0 Å². The maximum absolute atomic E-state index is 12.0. The van der Waals surface area contributed by atoms with Gasteiger partial charge in [0.05, 0.1) is 18.3 Å². The van der Waals surface area contributed by atoms with Crippen LogP contribution < -0.4 is 10.1 Å². The second-order valence-electron chi connectivity index (χ2n) is 5.15. The number of ether oxygens (including phenoxy) is 1. The molecule has 2 aromatic heterocycles. The van der Waals surface area contributed by atoms with E-state index < -0.39 is 0 Å². The van der Waals surface area contributed by atoms with E-state index in [2.05, 4.69) is 15.3 Å². The summed E-state index contributed by atoms with van der Waals surface area (Å²) in [6, 6.07) is 13.5. The molecular weight excluding hydrogens is 322 g/mol. The minimum absolute atomic E-state index is 0.0381. The lowest BCUT2D eigenvalue weighted by molar-refractivity contribution is -0.120. The van der Waals surface area contributed by atoms with Crippen molar-refractivity contribution in [1.29, 1.82) is 0 Å². The Morgan fingerprint density at radius 3 is 2.83 bits per heavy atom. The van der Waals surface area contributed by atoms with Crippen molar-refractivity contribution in [1.82, 2.24) is 15.3 Å². The highest BCUT2D eigenvalue weighted by atomic mass is 32.1. The summed E-state index contributed by atoms with van der Waals surface area (Å²) >= 11 is 1.49. The number of thiazole rings is 1.